The summed E-state index contributed by atoms with van der Waals surface area (Å²) in [5.41, 5.74) is 12.3. The maximum atomic E-state index is 12.7. The van der Waals surface area contributed by atoms with Crippen LogP contribution < -0.4 is 16.0 Å². The number of hydrogen-bond donors (Lipinski definition) is 8. The molecule has 6 rings (SSSR count). The third kappa shape index (κ3) is 4.90. The first kappa shape index (κ1) is 27.9. The zero-order chi connectivity index (χ0) is 27.6. The number of phosphoric ester groups is 2. The number of rotatable bonds is 2. The van der Waals surface area contributed by atoms with Gasteiger partial charge in [0.2, 0.25) is 12.0 Å². The second-order valence-corrected chi connectivity index (χ2v) is 12.4. The maximum absolute atomic E-state index is 12.7. The minimum Gasteiger partial charge on any atom is -0.390 e. The predicted octanol–water partition coefficient (Wildman–Crippen LogP) is -2.82. The molecule has 1 aliphatic carbocycles. The highest BCUT2D eigenvalue weighted by atomic mass is 31.3. The van der Waals surface area contributed by atoms with Crippen LogP contribution in [-0.2, 0) is 27.2 Å². The molecule has 11 atom stereocenters. The monoisotopic (exact) mass is 583 g/mol. The van der Waals surface area contributed by atoms with Crippen molar-refractivity contribution in [1.29, 1.82) is 0 Å². The van der Waals surface area contributed by atoms with E-state index in [0.717, 1.165) is 0 Å². The summed E-state index contributed by atoms with van der Waals surface area (Å²) in [4.78, 5) is 28.8. The molecule has 5 heterocycles. The molecule has 3 aliphatic heterocycles. The van der Waals surface area contributed by atoms with Crippen molar-refractivity contribution in [3.63, 3.8) is 0 Å². The van der Waals surface area contributed by atoms with Crippen LogP contribution in [0.25, 0.3) is 11.2 Å². The number of aromatic nitrogens is 4. The fraction of sp³-hybridized carbons (Fsp3) is 0.722. The topological polar surface area (TPSA) is 279 Å². The lowest BCUT2D eigenvalue weighted by Crippen LogP contribution is -2.48. The fourth-order valence-electron chi connectivity index (χ4n) is 5.22. The van der Waals surface area contributed by atoms with Gasteiger partial charge in [-0.05, 0) is 19.4 Å². The molecule has 2 aromatic rings. The average Bonchev–Trinajstić information content (AvgIpc) is 3.47. The first-order chi connectivity index (χ1) is 17.8. The van der Waals surface area contributed by atoms with Gasteiger partial charge in [0.25, 0.3) is 5.82 Å². The smallest absolute Gasteiger partial charge is 0.390 e. The number of phosphoric acid groups is 2. The second kappa shape index (κ2) is 10.1. The van der Waals surface area contributed by atoms with E-state index in [0.29, 0.717) is 0 Å². The summed E-state index contributed by atoms with van der Waals surface area (Å²) >= 11 is 0. The Hall–Kier alpha value is -1.63. The van der Waals surface area contributed by atoms with E-state index in [2.05, 4.69) is 14.3 Å². The normalized spacial score (nSPS) is 44.0. The zero-order valence-corrected chi connectivity index (χ0v) is 21.4. The van der Waals surface area contributed by atoms with Crippen molar-refractivity contribution in [2.75, 3.05) is 18.9 Å². The Morgan fingerprint density at radius 2 is 1.82 bits per heavy atom. The number of fused-ring (bicyclic) bond motifs is 7. The van der Waals surface area contributed by atoms with E-state index in [-0.39, 0.29) is 36.4 Å². The van der Waals surface area contributed by atoms with Crippen LogP contribution >= 0.6 is 15.6 Å². The Labute approximate surface area is 214 Å². The minimum absolute atomic E-state index is 0.0264. The van der Waals surface area contributed by atoms with Crippen LogP contribution in [0.15, 0.2) is 12.7 Å². The van der Waals surface area contributed by atoms with E-state index in [9.17, 15) is 39.3 Å². The Morgan fingerprint density at radius 3 is 2.53 bits per heavy atom. The third-order valence-corrected chi connectivity index (χ3v) is 9.73. The van der Waals surface area contributed by atoms with Crippen molar-refractivity contribution in [2.45, 2.75) is 61.7 Å². The molecule has 2 unspecified atom stereocenters. The number of aliphatic hydroxyl groups is 4. The van der Waals surface area contributed by atoms with Gasteiger partial charge in [0.15, 0.2) is 11.7 Å². The summed E-state index contributed by atoms with van der Waals surface area (Å²) < 4.78 is 47.7. The third-order valence-electron chi connectivity index (χ3n) is 7.06. The highest BCUT2D eigenvalue weighted by Gasteiger charge is 2.51. The molecule has 1 saturated carbocycles. The molecular weight excluding hydrogens is 554 g/mol. The van der Waals surface area contributed by atoms with Gasteiger partial charge in [0, 0.05) is 5.92 Å². The second-order valence-electron chi connectivity index (χ2n) is 9.39. The molecule has 8 bridgehead atoms. The molecule has 20 heteroatoms. The number of imidazole rings is 1. The SMILES string of the molecule is NCC[C@H]1OP(=O)(O)OP(=O)(O)OC[C@H]2O[C@H]([C@H](O)[C@@H]2O)n2cnc3c(N)[n+](cnc32)[C@@H]2C[C@H]1[C@@H](O)[C@H]2O. The van der Waals surface area contributed by atoms with Gasteiger partial charge in [0.05, 0.1) is 18.8 Å². The summed E-state index contributed by atoms with van der Waals surface area (Å²) in [5, 5.41) is 42.7. The van der Waals surface area contributed by atoms with E-state index in [1.54, 1.807) is 0 Å². The van der Waals surface area contributed by atoms with Gasteiger partial charge >= 0.3 is 15.6 Å². The summed E-state index contributed by atoms with van der Waals surface area (Å²) in [6.45, 7) is -0.894. The molecular formula is C18H29N6O12P2+. The van der Waals surface area contributed by atoms with E-state index in [1.807, 2.05) is 0 Å². The van der Waals surface area contributed by atoms with E-state index >= 15 is 0 Å². The standard InChI is InChI=1S/C18H28N6O12P2/c19-2-1-9-7-3-8(13(26)12(7)25)23-6-22-17-11(16(23)20)21-5-24(17)18-15(28)14(27)10(34-18)4-33-37(29,30)36-38(31,32)35-9/h5-10,12-15,18,20,25-28H,1-4,19H2,(H2,29,30,31,32)/p+1/t7-,8-,9-,10-,12-,13+,14-,15-,18-/m1/s1. The molecule has 4 aliphatic rings. The summed E-state index contributed by atoms with van der Waals surface area (Å²) in [5.74, 6) is -0.927. The minimum atomic E-state index is -5.31. The lowest BCUT2D eigenvalue weighted by atomic mass is 9.96. The fourth-order valence-corrected chi connectivity index (χ4v) is 7.55. The van der Waals surface area contributed by atoms with Gasteiger partial charge in [-0.2, -0.15) is 4.31 Å². The largest absolute Gasteiger partial charge is 0.481 e. The molecule has 38 heavy (non-hydrogen) atoms. The average molecular weight is 583 g/mol. The van der Waals surface area contributed by atoms with Gasteiger partial charge in [-0.3, -0.25) is 13.6 Å². The number of nitrogens with zero attached hydrogens (tertiary/aromatic N) is 4. The molecule has 0 spiro atoms. The van der Waals surface area contributed by atoms with Crippen LogP contribution in [0.2, 0.25) is 0 Å². The molecule has 10 N–H and O–H groups in total. The first-order valence-electron chi connectivity index (χ1n) is 11.6. The Kier molecular flexibility index (Phi) is 7.41. The van der Waals surface area contributed by atoms with Gasteiger partial charge in [-0.15, -0.1) is 0 Å². The van der Waals surface area contributed by atoms with E-state index < -0.39 is 77.1 Å². The van der Waals surface area contributed by atoms with Crippen LogP contribution in [0.1, 0.15) is 25.1 Å². The van der Waals surface area contributed by atoms with Crippen molar-refractivity contribution in [1.82, 2.24) is 14.5 Å². The summed E-state index contributed by atoms with van der Waals surface area (Å²) in [6.07, 6.45) is -7.57. The van der Waals surface area contributed by atoms with Gasteiger partial charge in [-0.25, -0.2) is 18.7 Å². The molecule has 212 valence electrons. The van der Waals surface area contributed by atoms with Gasteiger partial charge in [0.1, 0.15) is 36.8 Å². The lowest BCUT2D eigenvalue weighted by molar-refractivity contribution is -0.717. The highest BCUT2D eigenvalue weighted by molar-refractivity contribution is 7.61. The number of ether oxygens (including phenoxy) is 1. The van der Waals surface area contributed by atoms with Crippen LogP contribution in [0.5, 0.6) is 0 Å². The molecule has 0 amide bonds. The van der Waals surface area contributed by atoms with Gasteiger partial charge < -0.3 is 46.4 Å². The molecule has 2 aromatic heterocycles. The van der Waals surface area contributed by atoms with Crippen molar-refractivity contribution in [2.24, 2.45) is 11.7 Å². The van der Waals surface area contributed by atoms with E-state index in [1.165, 1.54) is 21.8 Å². The maximum Gasteiger partial charge on any atom is 0.481 e. The predicted molar refractivity (Wildman–Crippen MR) is 122 cm³/mol. The Bertz CT molecular complexity index is 1300. The van der Waals surface area contributed by atoms with Crippen LogP contribution in [-0.4, -0.2) is 94.5 Å². The Balaban J connectivity index is 1.60. The van der Waals surface area contributed by atoms with Crippen LogP contribution in [0, 0.1) is 5.92 Å². The number of hydrogen-bond acceptors (Lipinski definition) is 14. The van der Waals surface area contributed by atoms with Crippen molar-refractivity contribution < 1.29 is 62.0 Å². The van der Waals surface area contributed by atoms with Crippen molar-refractivity contribution in [3.8, 4) is 0 Å². The molecule has 0 aromatic carbocycles. The Morgan fingerprint density at radius 1 is 1.08 bits per heavy atom. The molecule has 1 saturated heterocycles. The number of nitrogen functional groups attached to an aromatic ring is 1. The summed E-state index contributed by atoms with van der Waals surface area (Å²) in [7, 11) is -10.6. The molecule has 0 radical (unpaired) electrons. The highest BCUT2D eigenvalue weighted by Crippen LogP contribution is 2.62. The van der Waals surface area contributed by atoms with Crippen LogP contribution in [0.4, 0.5) is 5.82 Å². The van der Waals surface area contributed by atoms with E-state index in [4.69, 9.17) is 25.3 Å². The number of nitrogens with two attached hydrogens (primary N) is 2. The van der Waals surface area contributed by atoms with Crippen molar-refractivity contribution >= 4 is 32.6 Å². The quantitative estimate of drug-likeness (QED) is 0.131. The van der Waals surface area contributed by atoms with Gasteiger partial charge in [-0.1, -0.05) is 4.98 Å². The zero-order valence-electron chi connectivity index (χ0n) is 19.7. The lowest BCUT2D eigenvalue weighted by Gasteiger charge is -2.28. The number of aliphatic hydroxyl groups excluding tert-OH is 4. The first-order valence-corrected chi connectivity index (χ1v) is 14.6. The van der Waals surface area contributed by atoms with Crippen molar-refractivity contribution in [3.05, 3.63) is 12.7 Å². The molecule has 18 nitrogen and oxygen atoms in total. The molecule has 2 fully saturated rings. The van der Waals surface area contributed by atoms with Crippen LogP contribution in [0.3, 0.4) is 0 Å². The number of anilines is 1. The summed E-state index contributed by atoms with van der Waals surface area (Å²) in [6, 6.07) is -0.884.